The molecule has 1 amide bonds. The maximum atomic E-state index is 13.3. The predicted molar refractivity (Wildman–Crippen MR) is 112 cm³/mol. The Morgan fingerprint density at radius 1 is 1.10 bits per heavy atom. The largest absolute Gasteiger partial charge is 0.299 e. The molecule has 2 heterocycles. The molecule has 0 radical (unpaired) electrons. The Morgan fingerprint density at radius 3 is 2.62 bits per heavy atom. The second-order valence-corrected chi connectivity index (χ2v) is 9.02. The quantitative estimate of drug-likeness (QED) is 0.780. The van der Waals surface area contributed by atoms with Gasteiger partial charge in [0.15, 0.2) is 0 Å². The van der Waals surface area contributed by atoms with Gasteiger partial charge < -0.3 is 0 Å². The van der Waals surface area contributed by atoms with Crippen LogP contribution in [0, 0.1) is 5.82 Å². The van der Waals surface area contributed by atoms with Crippen molar-refractivity contribution in [1.82, 2.24) is 20.0 Å². The van der Waals surface area contributed by atoms with Crippen molar-refractivity contribution in [3.63, 3.8) is 0 Å². The number of halogens is 1. The monoisotopic (exact) mass is 417 g/mol. The molecule has 1 N–H and O–H groups in total. The lowest BCUT2D eigenvalue weighted by atomic mass is 9.90. The van der Waals surface area contributed by atoms with Crippen LogP contribution in [0.5, 0.6) is 0 Å². The van der Waals surface area contributed by atoms with Crippen LogP contribution in [0.1, 0.15) is 48.6 Å². The van der Waals surface area contributed by atoms with E-state index in [4.69, 9.17) is 0 Å². The van der Waals surface area contributed by atoms with E-state index in [-0.39, 0.29) is 11.7 Å². The molecule has 1 aliphatic carbocycles. The van der Waals surface area contributed by atoms with Crippen molar-refractivity contribution in [1.29, 1.82) is 0 Å². The van der Waals surface area contributed by atoms with E-state index in [0.717, 1.165) is 43.3 Å². The third-order valence-electron chi connectivity index (χ3n) is 5.77. The highest BCUT2D eigenvalue weighted by molar-refractivity contribution is 7.15. The summed E-state index contributed by atoms with van der Waals surface area (Å²) in [6.45, 7) is 4.50. The van der Waals surface area contributed by atoms with E-state index in [0.29, 0.717) is 17.6 Å². The minimum atomic E-state index is -0.193. The molecule has 2 fully saturated rings. The van der Waals surface area contributed by atoms with Gasteiger partial charge in [0.05, 0.1) is 6.54 Å². The highest BCUT2D eigenvalue weighted by Gasteiger charge is 2.22. The van der Waals surface area contributed by atoms with Crippen LogP contribution in [0.2, 0.25) is 0 Å². The summed E-state index contributed by atoms with van der Waals surface area (Å²) in [5.74, 6) is 0.286. The van der Waals surface area contributed by atoms with Crippen molar-refractivity contribution < 1.29 is 9.18 Å². The number of amides is 1. The molecule has 0 bridgehead atoms. The van der Waals surface area contributed by atoms with Crippen LogP contribution in [0.4, 0.5) is 9.52 Å². The number of nitrogens with zero attached hydrogens (tertiary/aromatic N) is 4. The number of aromatic nitrogens is 2. The minimum absolute atomic E-state index is 0.0325. The Balaban J connectivity index is 1.20. The SMILES string of the molecule is O=C(CN1CCN(Cc2cccc(F)c2)CC1)Nc1nnc(C2CCCCC2)s1. The molecule has 1 saturated carbocycles. The fourth-order valence-corrected chi connectivity index (χ4v) is 5.09. The number of hydrogen-bond acceptors (Lipinski definition) is 6. The van der Waals surface area contributed by atoms with Crippen LogP contribution in [-0.2, 0) is 11.3 Å². The molecule has 0 spiro atoms. The van der Waals surface area contributed by atoms with E-state index in [9.17, 15) is 9.18 Å². The first-order valence-electron chi connectivity index (χ1n) is 10.5. The zero-order valence-electron chi connectivity index (χ0n) is 16.6. The Hall–Kier alpha value is -1.90. The highest BCUT2D eigenvalue weighted by Crippen LogP contribution is 2.35. The van der Waals surface area contributed by atoms with Crippen molar-refractivity contribution in [3.05, 3.63) is 40.7 Å². The molecule has 2 aliphatic rings. The molecule has 0 atom stereocenters. The number of anilines is 1. The molecule has 6 nitrogen and oxygen atoms in total. The van der Waals surface area contributed by atoms with Gasteiger partial charge in [0.25, 0.3) is 0 Å². The zero-order chi connectivity index (χ0) is 20.1. The van der Waals surface area contributed by atoms with Gasteiger partial charge in [-0.05, 0) is 30.5 Å². The summed E-state index contributed by atoms with van der Waals surface area (Å²) < 4.78 is 13.3. The summed E-state index contributed by atoms with van der Waals surface area (Å²) in [6.07, 6.45) is 6.20. The first kappa shape index (κ1) is 20.4. The molecule has 1 saturated heterocycles. The Bertz CT molecular complexity index is 815. The van der Waals surface area contributed by atoms with Gasteiger partial charge in [-0.1, -0.05) is 42.7 Å². The van der Waals surface area contributed by atoms with Crippen LogP contribution in [0.3, 0.4) is 0 Å². The van der Waals surface area contributed by atoms with Crippen LogP contribution >= 0.6 is 11.3 Å². The van der Waals surface area contributed by atoms with Crippen LogP contribution < -0.4 is 5.32 Å². The Labute approximate surface area is 175 Å². The van der Waals surface area contributed by atoms with Gasteiger partial charge in [-0.15, -0.1) is 10.2 Å². The van der Waals surface area contributed by atoms with Crippen molar-refractivity contribution in [2.75, 3.05) is 38.0 Å². The van der Waals surface area contributed by atoms with Gasteiger partial charge in [-0.25, -0.2) is 4.39 Å². The van der Waals surface area contributed by atoms with Gasteiger partial charge in [0.1, 0.15) is 10.8 Å². The summed E-state index contributed by atoms with van der Waals surface area (Å²) in [5, 5.41) is 13.1. The Morgan fingerprint density at radius 2 is 1.86 bits per heavy atom. The van der Waals surface area contributed by atoms with Crippen molar-refractivity contribution in [2.24, 2.45) is 0 Å². The number of piperazine rings is 1. The number of hydrogen-bond donors (Lipinski definition) is 1. The van der Waals surface area contributed by atoms with Crippen molar-refractivity contribution in [3.8, 4) is 0 Å². The number of carbonyl (C=O) groups is 1. The molecular weight excluding hydrogens is 389 g/mol. The van der Waals surface area contributed by atoms with E-state index in [1.54, 1.807) is 12.1 Å². The van der Waals surface area contributed by atoms with E-state index >= 15 is 0 Å². The van der Waals surface area contributed by atoms with Crippen LogP contribution in [0.25, 0.3) is 0 Å². The normalized spacial score (nSPS) is 19.3. The maximum absolute atomic E-state index is 13.3. The number of rotatable bonds is 6. The minimum Gasteiger partial charge on any atom is -0.299 e. The van der Waals surface area contributed by atoms with E-state index in [1.165, 1.54) is 49.5 Å². The average Bonchev–Trinajstić information content (AvgIpc) is 3.18. The summed E-state index contributed by atoms with van der Waals surface area (Å²) >= 11 is 1.52. The molecule has 4 rings (SSSR count). The fourth-order valence-electron chi connectivity index (χ4n) is 4.16. The lowest BCUT2D eigenvalue weighted by Crippen LogP contribution is -2.48. The van der Waals surface area contributed by atoms with Gasteiger partial charge >= 0.3 is 0 Å². The Kier molecular flexibility index (Phi) is 6.84. The van der Waals surface area contributed by atoms with Gasteiger partial charge in [-0.3, -0.25) is 19.9 Å². The maximum Gasteiger partial charge on any atom is 0.240 e. The molecule has 0 unspecified atom stereocenters. The molecule has 29 heavy (non-hydrogen) atoms. The highest BCUT2D eigenvalue weighted by atomic mass is 32.1. The third-order valence-corrected chi connectivity index (χ3v) is 6.77. The van der Waals surface area contributed by atoms with E-state index in [1.807, 2.05) is 6.07 Å². The molecule has 156 valence electrons. The molecule has 1 aromatic carbocycles. The number of nitrogens with one attached hydrogen (secondary N) is 1. The van der Waals surface area contributed by atoms with E-state index < -0.39 is 0 Å². The molecule has 1 aliphatic heterocycles. The summed E-state index contributed by atoms with van der Waals surface area (Å²) in [4.78, 5) is 16.9. The molecule has 8 heteroatoms. The second-order valence-electron chi connectivity index (χ2n) is 8.01. The van der Waals surface area contributed by atoms with Gasteiger partial charge in [-0.2, -0.15) is 0 Å². The summed E-state index contributed by atoms with van der Waals surface area (Å²) in [7, 11) is 0. The topological polar surface area (TPSA) is 61.4 Å². The van der Waals surface area contributed by atoms with E-state index in [2.05, 4.69) is 25.3 Å². The molecule has 2 aromatic rings. The number of benzene rings is 1. The van der Waals surface area contributed by atoms with Crippen molar-refractivity contribution in [2.45, 2.75) is 44.6 Å². The molecular formula is C21H28FN5OS. The summed E-state index contributed by atoms with van der Waals surface area (Å²) in [5.41, 5.74) is 0.987. The lowest BCUT2D eigenvalue weighted by molar-refractivity contribution is -0.117. The van der Waals surface area contributed by atoms with Crippen LogP contribution in [0.15, 0.2) is 24.3 Å². The first-order valence-corrected chi connectivity index (χ1v) is 11.3. The standard InChI is InChI=1S/C21H28FN5OS/c22-18-8-4-5-16(13-18)14-26-9-11-27(12-10-26)15-19(28)23-21-25-24-20(29-21)17-6-2-1-3-7-17/h4-5,8,13,17H,1-3,6-7,9-12,14-15H2,(H,23,25,28). The number of carbonyl (C=O) groups excluding carboxylic acids is 1. The predicted octanol–water partition coefficient (Wildman–Crippen LogP) is 3.48. The smallest absolute Gasteiger partial charge is 0.240 e. The zero-order valence-corrected chi connectivity index (χ0v) is 17.5. The van der Waals surface area contributed by atoms with Gasteiger partial charge in [0.2, 0.25) is 11.0 Å². The van der Waals surface area contributed by atoms with Crippen LogP contribution in [-0.4, -0.2) is 58.6 Å². The fraction of sp³-hybridized carbons (Fsp3) is 0.571. The lowest BCUT2D eigenvalue weighted by Gasteiger charge is -2.34. The van der Waals surface area contributed by atoms with Gasteiger partial charge in [0, 0.05) is 38.6 Å². The van der Waals surface area contributed by atoms with Crippen molar-refractivity contribution >= 4 is 22.4 Å². The first-order chi connectivity index (χ1) is 14.2. The summed E-state index contributed by atoms with van der Waals surface area (Å²) in [6, 6.07) is 6.75. The average molecular weight is 418 g/mol. The second kappa shape index (κ2) is 9.73. The third kappa shape index (κ3) is 5.81. The molecule has 1 aromatic heterocycles.